The summed E-state index contributed by atoms with van der Waals surface area (Å²) in [6, 6.07) is 0. The number of hydrogen-bond donors (Lipinski definition) is 0. The molecule has 0 saturated heterocycles. The van der Waals surface area contributed by atoms with E-state index in [0.717, 1.165) is 51.4 Å². The monoisotopic (exact) mass is 368 g/mol. The SMILES string of the molecule is CCCCCCCCCCOC(=O)C1CCC(C(=O)OCCCC)CC1. The highest BCUT2D eigenvalue weighted by Crippen LogP contribution is 2.30. The Hall–Kier alpha value is -1.06. The van der Waals surface area contributed by atoms with Gasteiger partial charge in [-0.05, 0) is 38.5 Å². The minimum absolute atomic E-state index is 0.0243. The van der Waals surface area contributed by atoms with Crippen molar-refractivity contribution in [2.45, 2.75) is 104 Å². The molecular formula is C22H40O4. The lowest BCUT2D eigenvalue weighted by atomic mass is 9.82. The van der Waals surface area contributed by atoms with E-state index < -0.39 is 0 Å². The Morgan fingerprint density at radius 3 is 1.46 bits per heavy atom. The van der Waals surface area contributed by atoms with Gasteiger partial charge in [-0.3, -0.25) is 9.59 Å². The lowest BCUT2D eigenvalue weighted by Crippen LogP contribution is -2.28. The quantitative estimate of drug-likeness (QED) is 0.286. The van der Waals surface area contributed by atoms with Gasteiger partial charge in [-0.2, -0.15) is 0 Å². The number of carbonyl (C=O) groups excluding carboxylic acids is 2. The molecule has 0 aromatic heterocycles. The standard InChI is InChI=1S/C22H40O4/c1-3-5-7-8-9-10-11-12-18-26-22(24)20-15-13-19(14-16-20)21(23)25-17-6-4-2/h19-20H,3-18H2,1-2H3. The Labute approximate surface area is 160 Å². The van der Waals surface area contributed by atoms with E-state index in [9.17, 15) is 9.59 Å². The largest absolute Gasteiger partial charge is 0.465 e. The fraction of sp³-hybridized carbons (Fsp3) is 0.909. The second-order valence-corrected chi connectivity index (χ2v) is 7.71. The summed E-state index contributed by atoms with van der Waals surface area (Å²) in [4.78, 5) is 24.1. The zero-order chi connectivity index (χ0) is 19.0. The zero-order valence-electron chi connectivity index (χ0n) is 17.1. The molecule has 0 aliphatic heterocycles. The van der Waals surface area contributed by atoms with Crippen LogP contribution in [-0.2, 0) is 19.1 Å². The van der Waals surface area contributed by atoms with Crippen molar-refractivity contribution in [2.75, 3.05) is 13.2 Å². The number of ether oxygens (including phenoxy) is 2. The van der Waals surface area contributed by atoms with Gasteiger partial charge in [-0.1, -0.05) is 65.2 Å². The van der Waals surface area contributed by atoms with Crippen LogP contribution >= 0.6 is 0 Å². The van der Waals surface area contributed by atoms with E-state index >= 15 is 0 Å². The lowest BCUT2D eigenvalue weighted by Gasteiger charge is -2.26. The van der Waals surface area contributed by atoms with Gasteiger partial charge < -0.3 is 9.47 Å². The van der Waals surface area contributed by atoms with Crippen LogP contribution in [0.2, 0.25) is 0 Å². The number of rotatable bonds is 14. The van der Waals surface area contributed by atoms with Gasteiger partial charge in [0.25, 0.3) is 0 Å². The van der Waals surface area contributed by atoms with Crippen molar-refractivity contribution in [3.63, 3.8) is 0 Å². The highest BCUT2D eigenvalue weighted by Gasteiger charge is 2.31. The third-order valence-electron chi connectivity index (χ3n) is 5.38. The van der Waals surface area contributed by atoms with Gasteiger partial charge in [0.1, 0.15) is 0 Å². The molecule has 4 nitrogen and oxygen atoms in total. The average Bonchev–Trinajstić information content (AvgIpc) is 2.66. The van der Waals surface area contributed by atoms with Crippen molar-refractivity contribution < 1.29 is 19.1 Å². The molecule has 0 radical (unpaired) electrons. The van der Waals surface area contributed by atoms with Crippen molar-refractivity contribution in [1.82, 2.24) is 0 Å². The van der Waals surface area contributed by atoms with E-state index in [2.05, 4.69) is 13.8 Å². The number of carbonyl (C=O) groups is 2. The number of esters is 2. The Morgan fingerprint density at radius 1 is 0.615 bits per heavy atom. The number of unbranched alkanes of at least 4 members (excludes halogenated alkanes) is 8. The molecule has 0 aromatic carbocycles. The second-order valence-electron chi connectivity index (χ2n) is 7.71. The minimum Gasteiger partial charge on any atom is -0.465 e. The van der Waals surface area contributed by atoms with Crippen LogP contribution in [-0.4, -0.2) is 25.2 Å². The summed E-state index contributed by atoms with van der Waals surface area (Å²) in [5.41, 5.74) is 0. The van der Waals surface area contributed by atoms with Crippen LogP contribution in [0.25, 0.3) is 0 Å². The van der Waals surface area contributed by atoms with Gasteiger partial charge in [0.15, 0.2) is 0 Å². The highest BCUT2D eigenvalue weighted by molar-refractivity contribution is 5.75. The van der Waals surface area contributed by atoms with Crippen molar-refractivity contribution in [3.8, 4) is 0 Å². The maximum absolute atomic E-state index is 12.2. The maximum Gasteiger partial charge on any atom is 0.308 e. The fourth-order valence-electron chi connectivity index (χ4n) is 3.53. The molecule has 0 aromatic rings. The average molecular weight is 369 g/mol. The highest BCUT2D eigenvalue weighted by atomic mass is 16.5. The molecule has 0 atom stereocenters. The van der Waals surface area contributed by atoms with Crippen LogP contribution in [0.5, 0.6) is 0 Å². The molecule has 152 valence electrons. The molecule has 0 spiro atoms. The van der Waals surface area contributed by atoms with Crippen LogP contribution in [0.3, 0.4) is 0 Å². The first-order valence-electron chi connectivity index (χ1n) is 11.0. The summed E-state index contributed by atoms with van der Waals surface area (Å²) in [5, 5.41) is 0. The molecule has 1 fully saturated rings. The summed E-state index contributed by atoms with van der Waals surface area (Å²) in [6.07, 6.45) is 14.9. The third kappa shape index (κ3) is 10.2. The molecule has 1 aliphatic rings. The predicted octanol–water partition coefficient (Wildman–Crippen LogP) is 5.82. The summed E-state index contributed by atoms with van der Waals surface area (Å²) in [7, 11) is 0. The third-order valence-corrected chi connectivity index (χ3v) is 5.38. The fourth-order valence-corrected chi connectivity index (χ4v) is 3.53. The zero-order valence-corrected chi connectivity index (χ0v) is 17.1. The molecule has 0 heterocycles. The molecule has 1 aliphatic carbocycles. The Kier molecular flexibility index (Phi) is 13.3. The molecule has 1 rings (SSSR count). The van der Waals surface area contributed by atoms with Crippen LogP contribution in [0.15, 0.2) is 0 Å². The Bertz CT molecular complexity index is 372. The summed E-state index contributed by atoms with van der Waals surface area (Å²) >= 11 is 0. The predicted molar refractivity (Wildman–Crippen MR) is 105 cm³/mol. The van der Waals surface area contributed by atoms with Gasteiger partial charge in [0.05, 0.1) is 25.0 Å². The smallest absolute Gasteiger partial charge is 0.308 e. The van der Waals surface area contributed by atoms with Crippen LogP contribution in [0.4, 0.5) is 0 Å². The van der Waals surface area contributed by atoms with Crippen molar-refractivity contribution in [3.05, 3.63) is 0 Å². The molecule has 1 saturated carbocycles. The molecular weight excluding hydrogens is 328 g/mol. The first kappa shape index (κ1) is 23.0. The van der Waals surface area contributed by atoms with E-state index in [1.54, 1.807) is 0 Å². The van der Waals surface area contributed by atoms with Gasteiger partial charge >= 0.3 is 11.9 Å². The molecule has 26 heavy (non-hydrogen) atoms. The van der Waals surface area contributed by atoms with E-state index in [4.69, 9.17) is 9.47 Å². The van der Waals surface area contributed by atoms with Gasteiger partial charge in [-0.25, -0.2) is 0 Å². The molecule has 0 bridgehead atoms. The Balaban J connectivity index is 2.03. The summed E-state index contributed by atoms with van der Waals surface area (Å²) in [5.74, 6) is -0.192. The van der Waals surface area contributed by atoms with Crippen LogP contribution in [0, 0.1) is 11.8 Å². The van der Waals surface area contributed by atoms with Crippen molar-refractivity contribution in [2.24, 2.45) is 11.8 Å². The molecule has 4 heteroatoms. The molecule has 0 N–H and O–H groups in total. The van der Waals surface area contributed by atoms with E-state index in [1.165, 1.54) is 38.5 Å². The van der Waals surface area contributed by atoms with E-state index in [-0.39, 0.29) is 23.8 Å². The maximum atomic E-state index is 12.2. The lowest BCUT2D eigenvalue weighted by molar-refractivity contribution is -0.155. The Morgan fingerprint density at radius 2 is 1.00 bits per heavy atom. The van der Waals surface area contributed by atoms with Crippen molar-refractivity contribution >= 4 is 11.9 Å². The van der Waals surface area contributed by atoms with Crippen LogP contribution in [0.1, 0.15) is 104 Å². The van der Waals surface area contributed by atoms with Gasteiger partial charge in [-0.15, -0.1) is 0 Å². The minimum atomic E-state index is -0.0794. The van der Waals surface area contributed by atoms with E-state index in [0.29, 0.717) is 13.2 Å². The first-order chi connectivity index (χ1) is 12.7. The molecule has 0 amide bonds. The van der Waals surface area contributed by atoms with Gasteiger partial charge in [0.2, 0.25) is 0 Å². The summed E-state index contributed by atoms with van der Waals surface area (Å²) in [6.45, 7) is 5.39. The number of hydrogen-bond acceptors (Lipinski definition) is 4. The van der Waals surface area contributed by atoms with Crippen LogP contribution < -0.4 is 0 Å². The first-order valence-corrected chi connectivity index (χ1v) is 11.0. The molecule has 0 unspecified atom stereocenters. The topological polar surface area (TPSA) is 52.6 Å². The second kappa shape index (κ2) is 15.0. The normalized spacial score (nSPS) is 19.9. The summed E-state index contributed by atoms with van der Waals surface area (Å²) < 4.78 is 10.7. The van der Waals surface area contributed by atoms with Crippen molar-refractivity contribution in [1.29, 1.82) is 0 Å². The van der Waals surface area contributed by atoms with E-state index in [1.807, 2.05) is 0 Å². The van der Waals surface area contributed by atoms with Gasteiger partial charge in [0, 0.05) is 0 Å².